The molecular formula is C16H24N2O. The van der Waals surface area contributed by atoms with Crippen molar-refractivity contribution in [1.29, 1.82) is 0 Å². The van der Waals surface area contributed by atoms with Crippen molar-refractivity contribution in [3.63, 3.8) is 0 Å². The Kier molecular flexibility index (Phi) is 4.27. The molecule has 19 heavy (non-hydrogen) atoms. The molecule has 3 heteroatoms. The summed E-state index contributed by atoms with van der Waals surface area (Å²) in [6, 6.07) is 8.61. The molecule has 2 N–H and O–H groups in total. The largest absolute Gasteiger partial charge is 0.396 e. The summed E-state index contributed by atoms with van der Waals surface area (Å²) in [7, 11) is 0. The summed E-state index contributed by atoms with van der Waals surface area (Å²) in [5, 5.41) is 13.8. The lowest BCUT2D eigenvalue weighted by atomic mass is 10.1. The summed E-state index contributed by atoms with van der Waals surface area (Å²) >= 11 is 0. The van der Waals surface area contributed by atoms with Gasteiger partial charge in [0.25, 0.3) is 0 Å². The van der Waals surface area contributed by atoms with Crippen LogP contribution in [0.5, 0.6) is 0 Å². The maximum Gasteiger partial charge on any atom is 0.0483 e. The minimum atomic E-state index is 0.127. The molecule has 1 aromatic heterocycles. The van der Waals surface area contributed by atoms with Gasteiger partial charge < -0.3 is 15.0 Å². The molecular weight excluding hydrogens is 236 g/mol. The van der Waals surface area contributed by atoms with E-state index in [1.807, 2.05) is 0 Å². The van der Waals surface area contributed by atoms with Crippen LogP contribution in [0.15, 0.2) is 30.5 Å². The van der Waals surface area contributed by atoms with E-state index in [2.05, 4.69) is 61.1 Å². The molecule has 0 fully saturated rings. The third kappa shape index (κ3) is 3.58. The Bertz CT molecular complexity index is 537. The van der Waals surface area contributed by atoms with Gasteiger partial charge in [0.1, 0.15) is 0 Å². The molecule has 0 unspecified atom stereocenters. The van der Waals surface area contributed by atoms with Crippen LogP contribution in [0.4, 0.5) is 0 Å². The molecule has 2 aromatic rings. The van der Waals surface area contributed by atoms with E-state index < -0.39 is 0 Å². The number of aryl methyl sites for hydroxylation is 1. The summed E-state index contributed by atoms with van der Waals surface area (Å²) in [5.74, 6) is 0. The van der Waals surface area contributed by atoms with E-state index in [4.69, 9.17) is 5.11 Å². The molecule has 1 aromatic carbocycles. The maximum absolute atomic E-state index is 8.94. The Morgan fingerprint density at radius 3 is 2.68 bits per heavy atom. The Labute approximate surface area is 115 Å². The van der Waals surface area contributed by atoms with Gasteiger partial charge in [0, 0.05) is 42.3 Å². The molecule has 0 atom stereocenters. The lowest BCUT2D eigenvalue weighted by molar-refractivity contribution is 0.280. The first-order chi connectivity index (χ1) is 9.01. The SMILES string of the molecule is CC(C)(C)NCc1cccc2c1ccn2CCCO. The third-order valence-corrected chi connectivity index (χ3v) is 3.27. The van der Waals surface area contributed by atoms with Gasteiger partial charge in [-0.05, 0) is 44.9 Å². The molecule has 0 aliphatic rings. The van der Waals surface area contributed by atoms with Crippen LogP contribution in [0, 0.1) is 0 Å². The van der Waals surface area contributed by atoms with Crippen molar-refractivity contribution in [2.75, 3.05) is 6.61 Å². The minimum absolute atomic E-state index is 0.127. The number of aliphatic hydroxyl groups excluding tert-OH is 1. The van der Waals surface area contributed by atoms with Crippen LogP contribution in [0.2, 0.25) is 0 Å². The molecule has 0 aliphatic heterocycles. The highest BCUT2D eigenvalue weighted by molar-refractivity contribution is 5.83. The van der Waals surface area contributed by atoms with Crippen molar-refractivity contribution >= 4 is 10.9 Å². The van der Waals surface area contributed by atoms with E-state index in [0.717, 1.165) is 19.5 Å². The van der Waals surface area contributed by atoms with Gasteiger partial charge >= 0.3 is 0 Å². The zero-order chi connectivity index (χ0) is 13.9. The van der Waals surface area contributed by atoms with E-state index in [1.54, 1.807) is 0 Å². The van der Waals surface area contributed by atoms with Crippen molar-refractivity contribution in [3.05, 3.63) is 36.0 Å². The number of rotatable bonds is 5. The molecule has 3 nitrogen and oxygen atoms in total. The van der Waals surface area contributed by atoms with Crippen LogP contribution in [-0.2, 0) is 13.1 Å². The lowest BCUT2D eigenvalue weighted by Crippen LogP contribution is -2.35. The highest BCUT2D eigenvalue weighted by atomic mass is 16.3. The second kappa shape index (κ2) is 5.76. The first-order valence-corrected chi connectivity index (χ1v) is 6.94. The molecule has 0 amide bonds. The van der Waals surface area contributed by atoms with Gasteiger partial charge in [-0.1, -0.05) is 12.1 Å². The fourth-order valence-electron chi connectivity index (χ4n) is 2.24. The Morgan fingerprint density at radius 1 is 1.21 bits per heavy atom. The van der Waals surface area contributed by atoms with Crippen LogP contribution in [0.25, 0.3) is 10.9 Å². The maximum atomic E-state index is 8.94. The molecule has 0 radical (unpaired) electrons. The second-order valence-corrected chi connectivity index (χ2v) is 6.04. The number of benzene rings is 1. The van der Waals surface area contributed by atoms with Crippen molar-refractivity contribution in [3.8, 4) is 0 Å². The average Bonchev–Trinajstić information content (AvgIpc) is 2.76. The van der Waals surface area contributed by atoms with E-state index in [9.17, 15) is 0 Å². The number of aromatic nitrogens is 1. The summed E-state index contributed by atoms with van der Waals surface area (Å²) < 4.78 is 2.21. The zero-order valence-corrected chi connectivity index (χ0v) is 12.1. The van der Waals surface area contributed by atoms with Gasteiger partial charge in [-0.25, -0.2) is 0 Å². The molecule has 0 saturated heterocycles. The molecule has 1 heterocycles. The summed E-state index contributed by atoms with van der Waals surface area (Å²) in [6.07, 6.45) is 2.91. The van der Waals surface area contributed by atoms with Crippen molar-refractivity contribution in [2.24, 2.45) is 0 Å². The molecule has 2 rings (SSSR count). The number of nitrogens with zero attached hydrogens (tertiary/aromatic N) is 1. The number of hydrogen-bond donors (Lipinski definition) is 2. The molecule has 0 bridgehead atoms. The fourth-order valence-corrected chi connectivity index (χ4v) is 2.24. The van der Waals surface area contributed by atoms with Crippen LogP contribution in [0.3, 0.4) is 0 Å². The number of aliphatic hydroxyl groups is 1. The van der Waals surface area contributed by atoms with E-state index in [1.165, 1.54) is 16.5 Å². The van der Waals surface area contributed by atoms with Gasteiger partial charge in [-0.3, -0.25) is 0 Å². The summed E-state index contributed by atoms with van der Waals surface area (Å²) in [6.45, 7) is 8.53. The predicted octanol–water partition coefficient (Wildman–Crippen LogP) is 2.91. The van der Waals surface area contributed by atoms with Crippen LogP contribution < -0.4 is 5.32 Å². The van der Waals surface area contributed by atoms with E-state index in [-0.39, 0.29) is 12.1 Å². The van der Waals surface area contributed by atoms with Crippen LogP contribution in [0.1, 0.15) is 32.8 Å². The molecule has 0 spiro atoms. The summed E-state index contributed by atoms with van der Waals surface area (Å²) in [4.78, 5) is 0. The third-order valence-electron chi connectivity index (χ3n) is 3.27. The van der Waals surface area contributed by atoms with Crippen molar-refractivity contribution < 1.29 is 5.11 Å². The topological polar surface area (TPSA) is 37.2 Å². The molecule has 104 valence electrons. The summed E-state index contributed by atoms with van der Waals surface area (Å²) in [5.41, 5.74) is 2.71. The average molecular weight is 260 g/mol. The smallest absolute Gasteiger partial charge is 0.0483 e. The first-order valence-electron chi connectivity index (χ1n) is 6.94. The van der Waals surface area contributed by atoms with Crippen molar-refractivity contribution in [2.45, 2.75) is 45.8 Å². The van der Waals surface area contributed by atoms with Crippen LogP contribution in [-0.4, -0.2) is 21.8 Å². The Balaban J connectivity index is 2.23. The van der Waals surface area contributed by atoms with Gasteiger partial charge in [0.2, 0.25) is 0 Å². The second-order valence-electron chi connectivity index (χ2n) is 6.04. The first kappa shape index (κ1) is 14.1. The van der Waals surface area contributed by atoms with Crippen LogP contribution >= 0.6 is 0 Å². The number of hydrogen-bond acceptors (Lipinski definition) is 2. The monoisotopic (exact) mass is 260 g/mol. The zero-order valence-electron chi connectivity index (χ0n) is 12.1. The predicted molar refractivity (Wildman–Crippen MR) is 80.2 cm³/mol. The molecule has 0 aliphatic carbocycles. The number of fused-ring (bicyclic) bond motifs is 1. The lowest BCUT2D eigenvalue weighted by Gasteiger charge is -2.21. The fraction of sp³-hybridized carbons (Fsp3) is 0.500. The van der Waals surface area contributed by atoms with Gasteiger partial charge in [-0.2, -0.15) is 0 Å². The standard InChI is InChI=1S/C16H24N2O/c1-16(2,3)17-12-13-6-4-7-15-14(13)8-10-18(15)9-5-11-19/h4,6-8,10,17,19H,5,9,11-12H2,1-3H3. The highest BCUT2D eigenvalue weighted by Crippen LogP contribution is 2.21. The normalized spacial score (nSPS) is 12.2. The van der Waals surface area contributed by atoms with Gasteiger partial charge in [0.15, 0.2) is 0 Å². The molecule has 0 saturated carbocycles. The van der Waals surface area contributed by atoms with E-state index >= 15 is 0 Å². The van der Waals surface area contributed by atoms with E-state index in [0.29, 0.717) is 0 Å². The minimum Gasteiger partial charge on any atom is -0.396 e. The van der Waals surface area contributed by atoms with Crippen molar-refractivity contribution in [1.82, 2.24) is 9.88 Å². The van der Waals surface area contributed by atoms with Gasteiger partial charge in [-0.15, -0.1) is 0 Å². The highest BCUT2D eigenvalue weighted by Gasteiger charge is 2.10. The van der Waals surface area contributed by atoms with Gasteiger partial charge in [0.05, 0.1) is 0 Å². The Hall–Kier alpha value is -1.32. The quantitative estimate of drug-likeness (QED) is 0.867. The Morgan fingerprint density at radius 2 is 2.00 bits per heavy atom. The number of nitrogens with one attached hydrogen (secondary N) is 1.